The first-order chi connectivity index (χ1) is 13.6. The van der Waals surface area contributed by atoms with Crippen LogP contribution in [0.15, 0.2) is 36.7 Å². The van der Waals surface area contributed by atoms with Gasteiger partial charge in [0, 0.05) is 61.5 Å². The van der Waals surface area contributed by atoms with E-state index in [0.29, 0.717) is 31.2 Å². The number of phenolic OH excluding ortho intramolecular Hbond substituents is 1. The monoisotopic (exact) mass is 441 g/mol. The number of anilines is 1. The van der Waals surface area contributed by atoms with E-state index in [1.165, 1.54) is 10.6 Å². The van der Waals surface area contributed by atoms with E-state index >= 15 is 0 Å². The molecule has 2 aromatic carbocycles. The molecular weight excluding hydrogens is 424 g/mol. The fourth-order valence-corrected chi connectivity index (χ4v) is 4.63. The first-order valence-electron chi connectivity index (χ1n) is 8.83. The van der Waals surface area contributed by atoms with Crippen molar-refractivity contribution in [2.24, 2.45) is 0 Å². The van der Waals surface area contributed by atoms with Crippen LogP contribution in [0.1, 0.15) is 0 Å². The van der Waals surface area contributed by atoms with Crippen LogP contribution in [0.25, 0.3) is 16.5 Å². The zero-order chi connectivity index (χ0) is 20.9. The molecule has 1 aromatic heterocycles. The van der Waals surface area contributed by atoms with Gasteiger partial charge in [-0.05, 0) is 12.1 Å². The SMILES string of the molecule is CS(=O)(=O)N1CCN(c2cc3cn(-c4cc(O)c(F)c(F)c4)cc3cc2Cl)CC1. The topological polar surface area (TPSA) is 65.8 Å². The molecule has 29 heavy (non-hydrogen) atoms. The Morgan fingerprint density at radius 1 is 1.00 bits per heavy atom. The van der Waals surface area contributed by atoms with E-state index in [9.17, 15) is 22.3 Å². The summed E-state index contributed by atoms with van der Waals surface area (Å²) in [4.78, 5) is 2.02. The van der Waals surface area contributed by atoms with Crippen molar-refractivity contribution < 1.29 is 22.3 Å². The van der Waals surface area contributed by atoms with Crippen molar-refractivity contribution >= 4 is 38.1 Å². The molecule has 0 radical (unpaired) electrons. The minimum atomic E-state index is -3.22. The highest BCUT2D eigenvalue weighted by molar-refractivity contribution is 7.88. The molecule has 0 aliphatic carbocycles. The van der Waals surface area contributed by atoms with E-state index in [0.717, 1.165) is 28.6 Å². The van der Waals surface area contributed by atoms with Crippen LogP contribution in [0.4, 0.5) is 14.5 Å². The van der Waals surface area contributed by atoms with Gasteiger partial charge in [0.1, 0.15) is 0 Å². The smallest absolute Gasteiger partial charge is 0.211 e. The molecule has 0 bridgehead atoms. The predicted molar refractivity (Wildman–Crippen MR) is 108 cm³/mol. The molecule has 0 unspecified atom stereocenters. The maximum atomic E-state index is 13.6. The molecule has 154 valence electrons. The number of aromatic nitrogens is 1. The van der Waals surface area contributed by atoms with Gasteiger partial charge in [0.15, 0.2) is 17.4 Å². The van der Waals surface area contributed by atoms with Crippen molar-refractivity contribution in [1.82, 2.24) is 8.87 Å². The fraction of sp³-hybridized carbons (Fsp3) is 0.263. The van der Waals surface area contributed by atoms with Crippen LogP contribution in [0.3, 0.4) is 0 Å². The number of piperazine rings is 1. The zero-order valence-corrected chi connectivity index (χ0v) is 17.0. The Bertz CT molecular complexity index is 1180. The minimum Gasteiger partial charge on any atom is -0.505 e. The number of fused-ring (bicyclic) bond motifs is 1. The lowest BCUT2D eigenvalue weighted by molar-refractivity contribution is 0.388. The summed E-state index contributed by atoms with van der Waals surface area (Å²) in [6.45, 7) is 1.77. The van der Waals surface area contributed by atoms with Crippen molar-refractivity contribution in [3.63, 3.8) is 0 Å². The summed E-state index contributed by atoms with van der Waals surface area (Å²) in [5, 5.41) is 11.7. The molecule has 0 spiro atoms. The second-order valence-electron chi connectivity index (χ2n) is 7.01. The number of nitrogens with zero attached hydrogens (tertiary/aromatic N) is 3. The Labute approximate surface area is 171 Å². The summed E-state index contributed by atoms with van der Waals surface area (Å²) in [5.41, 5.74) is 1.05. The second-order valence-corrected chi connectivity index (χ2v) is 9.40. The standard InChI is InChI=1S/C19H18ClF2N3O3S/c1-29(27,28)25-4-2-23(3-5-25)17-7-13-11-24(10-12(13)6-15(17)20)14-8-16(21)19(22)18(26)9-14/h6-11,26H,2-5H2,1H3. The largest absolute Gasteiger partial charge is 0.505 e. The number of rotatable bonds is 3. The third-order valence-corrected chi connectivity index (χ3v) is 6.65. The van der Waals surface area contributed by atoms with Gasteiger partial charge in [0.25, 0.3) is 0 Å². The van der Waals surface area contributed by atoms with Crippen molar-refractivity contribution in [3.05, 3.63) is 53.3 Å². The third-order valence-electron chi connectivity index (χ3n) is 5.05. The average molecular weight is 442 g/mol. The van der Waals surface area contributed by atoms with E-state index in [1.807, 2.05) is 11.0 Å². The van der Waals surface area contributed by atoms with Crippen LogP contribution >= 0.6 is 11.6 Å². The highest BCUT2D eigenvalue weighted by Crippen LogP contribution is 2.33. The molecule has 6 nitrogen and oxygen atoms in total. The summed E-state index contributed by atoms with van der Waals surface area (Å²) in [6, 6.07) is 5.79. The molecule has 0 amide bonds. The Hall–Kier alpha value is -2.36. The Kier molecular flexibility index (Phi) is 4.92. The molecule has 1 aliphatic rings. The summed E-state index contributed by atoms with van der Waals surface area (Å²) >= 11 is 6.46. The van der Waals surface area contributed by atoms with Crippen LogP contribution in [-0.4, -0.2) is 54.8 Å². The van der Waals surface area contributed by atoms with Crippen LogP contribution < -0.4 is 4.90 Å². The fourth-order valence-electron chi connectivity index (χ4n) is 3.52. The van der Waals surface area contributed by atoms with E-state index in [-0.39, 0.29) is 5.69 Å². The first kappa shape index (κ1) is 19.9. The number of aromatic hydroxyl groups is 1. The average Bonchev–Trinajstić information content (AvgIpc) is 3.07. The Morgan fingerprint density at radius 3 is 2.21 bits per heavy atom. The summed E-state index contributed by atoms with van der Waals surface area (Å²) in [5.74, 6) is -3.19. The predicted octanol–water partition coefficient (Wildman–Crippen LogP) is 3.35. The van der Waals surface area contributed by atoms with Gasteiger partial charge in [-0.1, -0.05) is 11.6 Å². The van der Waals surface area contributed by atoms with Crippen LogP contribution in [0.2, 0.25) is 5.02 Å². The molecule has 0 saturated carbocycles. The molecule has 10 heteroatoms. The van der Waals surface area contributed by atoms with Crippen molar-refractivity contribution in [2.45, 2.75) is 0 Å². The molecule has 1 saturated heterocycles. The van der Waals surface area contributed by atoms with Gasteiger partial charge in [0.05, 0.1) is 22.7 Å². The molecule has 3 aromatic rings. The maximum absolute atomic E-state index is 13.6. The Morgan fingerprint density at radius 2 is 1.62 bits per heavy atom. The lowest BCUT2D eigenvalue weighted by Crippen LogP contribution is -2.48. The number of hydrogen-bond donors (Lipinski definition) is 1. The quantitative estimate of drug-likeness (QED) is 0.677. The second kappa shape index (κ2) is 7.16. The van der Waals surface area contributed by atoms with Crippen LogP contribution in [0.5, 0.6) is 5.75 Å². The lowest BCUT2D eigenvalue weighted by atomic mass is 10.2. The molecule has 1 fully saturated rings. The first-order valence-corrected chi connectivity index (χ1v) is 11.1. The van der Waals surface area contributed by atoms with Gasteiger partial charge in [-0.25, -0.2) is 12.8 Å². The number of hydrogen-bond acceptors (Lipinski definition) is 4. The molecule has 1 aliphatic heterocycles. The van der Waals surface area contributed by atoms with Crippen molar-refractivity contribution in [1.29, 1.82) is 0 Å². The maximum Gasteiger partial charge on any atom is 0.211 e. The number of phenols is 1. The van der Waals surface area contributed by atoms with Gasteiger partial charge in [-0.2, -0.15) is 8.70 Å². The van der Waals surface area contributed by atoms with Gasteiger partial charge in [-0.3, -0.25) is 0 Å². The number of halogens is 3. The number of benzene rings is 2. The van der Waals surface area contributed by atoms with Crippen molar-refractivity contribution in [2.75, 3.05) is 37.3 Å². The zero-order valence-electron chi connectivity index (χ0n) is 15.4. The highest BCUT2D eigenvalue weighted by atomic mass is 35.5. The molecule has 2 heterocycles. The van der Waals surface area contributed by atoms with Gasteiger partial charge >= 0.3 is 0 Å². The summed E-state index contributed by atoms with van der Waals surface area (Å²) in [7, 11) is -3.22. The molecule has 0 atom stereocenters. The lowest BCUT2D eigenvalue weighted by Gasteiger charge is -2.35. The highest BCUT2D eigenvalue weighted by Gasteiger charge is 2.25. The number of sulfonamides is 1. The molecule has 4 rings (SSSR count). The van der Waals surface area contributed by atoms with E-state index in [4.69, 9.17) is 11.6 Å². The minimum absolute atomic E-state index is 0.275. The molecule has 1 N–H and O–H groups in total. The van der Waals surface area contributed by atoms with E-state index < -0.39 is 27.4 Å². The van der Waals surface area contributed by atoms with Gasteiger partial charge < -0.3 is 14.6 Å². The van der Waals surface area contributed by atoms with Gasteiger partial charge in [-0.15, -0.1) is 0 Å². The van der Waals surface area contributed by atoms with E-state index in [1.54, 1.807) is 23.0 Å². The third kappa shape index (κ3) is 3.77. The van der Waals surface area contributed by atoms with Crippen LogP contribution in [0, 0.1) is 11.6 Å². The summed E-state index contributed by atoms with van der Waals surface area (Å²) in [6.07, 6.45) is 4.63. The summed E-state index contributed by atoms with van der Waals surface area (Å²) < 4.78 is 53.4. The van der Waals surface area contributed by atoms with Gasteiger partial charge in [0.2, 0.25) is 10.0 Å². The molecular formula is C19H18ClF2N3O3S. The van der Waals surface area contributed by atoms with Crippen LogP contribution in [-0.2, 0) is 10.0 Å². The normalized spacial score (nSPS) is 15.9. The van der Waals surface area contributed by atoms with Crippen molar-refractivity contribution in [3.8, 4) is 11.4 Å². The van der Waals surface area contributed by atoms with E-state index in [2.05, 4.69) is 0 Å². The Balaban J connectivity index is 1.66.